The van der Waals surface area contributed by atoms with Crippen LogP contribution in [0.2, 0.25) is 5.15 Å². The van der Waals surface area contributed by atoms with Gasteiger partial charge in [0.15, 0.2) is 11.0 Å². The normalized spacial score (nSPS) is 11.3. The van der Waals surface area contributed by atoms with Gasteiger partial charge in [-0.2, -0.15) is 18.3 Å². The molecule has 0 fully saturated rings. The Morgan fingerprint density at radius 3 is 2.43 bits per heavy atom. The number of hydrogen-bond acceptors (Lipinski definition) is 8. The topological polar surface area (TPSA) is 158 Å². The standard InChI is InChI=1S/C17H17ClFN5O.C5H4F3N3O/c1-2-3-4-5-24-9-22-13-7-10(12(19)6-11(13)17(24)25)14-8-21-15(18)16(20)23-14;6-5(7,8)3-2(9)1-10-11-4(3)12/h6-9H,2-5H2,1H3,(H2,20,23);1H,(H3,9,11,12). The summed E-state index contributed by atoms with van der Waals surface area (Å²) < 4.78 is 52.0. The third-order valence-electron chi connectivity index (χ3n) is 5.11. The fraction of sp³-hybridized carbons (Fsp3) is 0.273. The highest BCUT2D eigenvalue weighted by atomic mass is 35.5. The van der Waals surface area contributed by atoms with Crippen LogP contribution in [0.1, 0.15) is 31.7 Å². The molecule has 0 aliphatic rings. The summed E-state index contributed by atoms with van der Waals surface area (Å²) in [6, 6.07) is 2.66. The summed E-state index contributed by atoms with van der Waals surface area (Å²) in [4.78, 5) is 35.3. The zero-order chi connectivity index (χ0) is 27.3. The molecule has 3 aromatic heterocycles. The lowest BCUT2D eigenvalue weighted by atomic mass is 10.1. The number of H-pyrrole nitrogens is 1. The number of aryl methyl sites for hydroxylation is 1. The van der Waals surface area contributed by atoms with Crippen molar-refractivity contribution in [1.82, 2.24) is 29.7 Å². The van der Waals surface area contributed by atoms with E-state index < -0.39 is 28.8 Å². The van der Waals surface area contributed by atoms with Gasteiger partial charge in [0.25, 0.3) is 11.1 Å². The van der Waals surface area contributed by atoms with Crippen LogP contribution in [0.4, 0.5) is 29.1 Å². The number of hydrogen-bond donors (Lipinski definition) is 3. The van der Waals surface area contributed by atoms with Gasteiger partial charge in [-0.05, 0) is 18.6 Å². The Labute approximate surface area is 211 Å². The van der Waals surface area contributed by atoms with E-state index in [-0.39, 0.29) is 33.2 Å². The monoisotopic (exact) mass is 540 g/mol. The third kappa shape index (κ3) is 6.39. The highest BCUT2D eigenvalue weighted by Crippen LogP contribution is 2.29. The Morgan fingerprint density at radius 2 is 1.84 bits per heavy atom. The summed E-state index contributed by atoms with van der Waals surface area (Å²) in [5, 5.41) is 5.02. The number of unbranched alkanes of at least 4 members (excludes halogenated alkanes) is 2. The maximum absolute atomic E-state index is 14.5. The molecule has 5 N–H and O–H groups in total. The van der Waals surface area contributed by atoms with Gasteiger partial charge in [-0.15, -0.1) is 0 Å². The molecule has 0 spiro atoms. The number of nitrogens with one attached hydrogen (secondary N) is 1. The molecule has 37 heavy (non-hydrogen) atoms. The van der Waals surface area contributed by atoms with Crippen LogP contribution >= 0.6 is 11.6 Å². The molecule has 1 aromatic carbocycles. The quantitative estimate of drug-likeness (QED) is 0.255. The first kappa shape index (κ1) is 27.5. The van der Waals surface area contributed by atoms with E-state index in [1.807, 2.05) is 0 Å². The van der Waals surface area contributed by atoms with E-state index in [1.54, 1.807) is 5.10 Å². The molecule has 0 bridgehead atoms. The lowest BCUT2D eigenvalue weighted by Crippen LogP contribution is -2.24. The van der Waals surface area contributed by atoms with E-state index in [0.29, 0.717) is 12.1 Å². The number of halogens is 5. The molecular formula is C22H21ClF4N8O2. The van der Waals surface area contributed by atoms with Gasteiger partial charge in [-0.1, -0.05) is 31.4 Å². The van der Waals surface area contributed by atoms with Crippen LogP contribution in [-0.2, 0) is 12.7 Å². The zero-order valence-corrected chi connectivity index (χ0v) is 20.1. The molecule has 0 amide bonds. The van der Waals surface area contributed by atoms with Crippen molar-refractivity contribution in [2.75, 3.05) is 11.5 Å². The second-order valence-corrected chi connectivity index (χ2v) is 8.12. The van der Waals surface area contributed by atoms with E-state index in [4.69, 9.17) is 23.1 Å². The van der Waals surface area contributed by atoms with E-state index in [9.17, 15) is 27.2 Å². The lowest BCUT2D eigenvalue weighted by Gasteiger charge is -2.09. The number of alkyl halides is 3. The van der Waals surface area contributed by atoms with Gasteiger partial charge >= 0.3 is 6.18 Å². The summed E-state index contributed by atoms with van der Waals surface area (Å²) >= 11 is 5.74. The van der Waals surface area contributed by atoms with Gasteiger partial charge in [-0.25, -0.2) is 24.4 Å². The molecule has 15 heteroatoms. The number of nitrogen functional groups attached to an aromatic ring is 2. The van der Waals surface area contributed by atoms with Crippen LogP contribution in [0.3, 0.4) is 0 Å². The maximum Gasteiger partial charge on any atom is 0.423 e. The summed E-state index contributed by atoms with van der Waals surface area (Å²) in [6.45, 7) is 2.66. The van der Waals surface area contributed by atoms with Crippen molar-refractivity contribution >= 4 is 34.0 Å². The fourth-order valence-corrected chi connectivity index (χ4v) is 3.38. The molecule has 4 rings (SSSR count). The highest BCUT2D eigenvalue weighted by molar-refractivity contribution is 6.31. The van der Waals surface area contributed by atoms with Gasteiger partial charge in [0.05, 0.1) is 41.0 Å². The highest BCUT2D eigenvalue weighted by Gasteiger charge is 2.36. The molecule has 0 saturated heterocycles. The third-order valence-corrected chi connectivity index (χ3v) is 5.40. The number of benzene rings is 1. The van der Waals surface area contributed by atoms with Crippen LogP contribution < -0.4 is 22.6 Å². The molecule has 0 aliphatic heterocycles. The largest absolute Gasteiger partial charge is 0.423 e. The van der Waals surface area contributed by atoms with Crippen molar-refractivity contribution in [3.63, 3.8) is 0 Å². The van der Waals surface area contributed by atoms with Crippen molar-refractivity contribution in [3.05, 3.63) is 68.1 Å². The van der Waals surface area contributed by atoms with Gasteiger partial charge in [0, 0.05) is 12.1 Å². The average molecular weight is 541 g/mol. The minimum Gasteiger partial charge on any atom is -0.397 e. The van der Waals surface area contributed by atoms with Crippen molar-refractivity contribution in [1.29, 1.82) is 0 Å². The summed E-state index contributed by atoms with van der Waals surface area (Å²) in [7, 11) is 0. The van der Waals surface area contributed by atoms with Crippen molar-refractivity contribution < 1.29 is 17.6 Å². The second kappa shape index (κ2) is 11.3. The molecule has 0 radical (unpaired) electrons. The molecule has 10 nitrogen and oxygen atoms in total. The number of nitrogens with zero attached hydrogens (tertiary/aromatic N) is 5. The molecule has 0 saturated carbocycles. The number of fused-ring (bicyclic) bond motifs is 1. The number of aromatic amines is 1. The molecule has 0 aliphatic carbocycles. The predicted molar refractivity (Wildman–Crippen MR) is 130 cm³/mol. The number of rotatable bonds is 5. The minimum absolute atomic E-state index is 0.0120. The smallest absolute Gasteiger partial charge is 0.397 e. The molecule has 4 aromatic rings. The average Bonchev–Trinajstić information content (AvgIpc) is 2.82. The van der Waals surface area contributed by atoms with Crippen molar-refractivity contribution in [3.8, 4) is 11.3 Å². The first-order valence-corrected chi connectivity index (χ1v) is 11.2. The Bertz CT molecular complexity index is 1540. The Hall–Kier alpha value is -4.07. The fourth-order valence-electron chi connectivity index (χ4n) is 3.29. The number of aromatic nitrogens is 6. The van der Waals surface area contributed by atoms with Gasteiger partial charge in [0.2, 0.25) is 0 Å². The molecule has 0 atom stereocenters. The Kier molecular flexibility index (Phi) is 8.42. The van der Waals surface area contributed by atoms with Crippen LogP contribution in [0.5, 0.6) is 0 Å². The lowest BCUT2D eigenvalue weighted by molar-refractivity contribution is -0.138. The molecule has 196 valence electrons. The molecule has 0 unspecified atom stereocenters. The molecule has 3 heterocycles. The number of anilines is 2. The Morgan fingerprint density at radius 1 is 1.11 bits per heavy atom. The van der Waals surface area contributed by atoms with Crippen LogP contribution in [0, 0.1) is 5.82 Å². The second-order valence-electron chi connectivity index (χ2n) is 7.76. The summed E-state index contributed by atoms with van der Waals surface area (Å²) in [6.07, 6.45) is 1.78. The SMILES string of the molecule is CCCCCn1cnc2cc(-c3cnc(Cl)c(N)n3)c(F)cc2c1=O.Nc1cn[nH]c(=O)c1C(F)(F)F. The van der Waals surface area contributed by atoms with E-state index in [0.717, 1.165) is 25.5 Å². The van der Waals surface area contributed by atoms with Crippen LogP contribution in [0.15, 0.2) is 40.4 Å². The van der Waals surface area contributed by atoms with E-state index >= 15 is 0 Å². The van der Waals surface area contributed by atoms with Gasteiger partial charge < -0.3 is 11.5 Å². The van der Waals surface area contributed by atoms with E-state index in [1.165, 1.54) is 29.2 Å². The Balaban J connectivity index is 0.000000266. The van der Waals surface area contributed by atoms with E-state index in [2.05, 4.69) is 27.0 Å². The van der Waals surface area contributed by atoms with Crippen molar-refractivity contribution in [2.45, 2.75) is 38.9 Å². The maximum atomic E-state index is 14.5. The minimum atomic E-state index is -4.74. The van der Waals surface area contributed by atoms with Crippen LogP contribution in [0.25, 0.3) is 22.2 Å². The van der Waals surface area contributed by atoms with Crippen molar-refractivity contribution in [2.24, 2.45) is 0 Å². The summed E-state index contributed by atoms with van der Waals surface area (Å²) in [5.41, 5.74) is 7.65. The number of nitrogens with two attached hydrogens (primary N) is 2. The first-order valence-electron chi connectivity index (χ1n) is 10.8. The summed E-state index contributed by atoms with van der Waals surface area (Å²) in [5.74, 6) is -0.577. The zero-order valence-electron chi connectivity index (χ0n) is 19.3. The molecular weight excluding hydrogens is 520 g/mol. The van der Waals surface area contributed by atoms with Gasteiger partial charge in [-0.3, -0.25) is 14.2 Å². The van der Waals surface area contributed by atoms with Crippen LogP contribution in [-0.4, -0.2) is 29.7 Å². The predicted octanol–water partition coefficient (Wildman–Crippen LogP) is 3.79. The first-order chi connectivity index (χ1) is 17.4. The van der Waals surface area contributed by atoms with Gasteiger partial charge in [0.1, 0.15) is 11.4 Å².